The Morgan fingerprint density at radius 1 is 1.14 bits per heavy atom. The van der Waals surface area contributed by atoms with Crippen LogP contribution in [-0.4, -0.2) is 67.5 Å². The summed E-state index contributed by atoms with van der Waals surface area (Å²) >= 11 is 0. The Bertz CT molecular complexity index is 704. The highest BCUT2D eigenvalue weighted by molar-refractivity contribution is 5.43. The van der Waals surface area contributed by atoms with Gasteiger partial charge in [0.2, 0.25) is 0 Å². The highest BCUT2D eigenvalue weighted by Crippen LogP contribution is 2.62. The zero-order valence-corrected chi connectivity index (χ0v) is 17.4. The summed E-state index contributed by atoms with van der Waals surface area (Å²) in [5.74, 6) is 3.19. The standard InChI is InChI=1S/C23H34N2O3/c1-23(2)19-14-25(15-20(19)23)12-17-7-8-21(22(11-17)27-3)28-16-18(26)13-24-9-5-4-6-10-24/h4-5,7-8,11,18-20,26H,6,9-10,12-16H2,1-3H3/t18?,19-,20+. The Morgan fingerprint density at radius 3 is 2.61 bits per heavy atom. The molecule has 5 heteroatoms. The van der Waals surface area contributed by atoms with Crippen molar-refractivity contribution in [1.29, 1.82) is 0 Å². The summed E-state index contributed by atoms with van der Waals surface area (Å²) in [7, 11) is 1.68. The van der Waals surface area contributed by atoms with Gasteiger partial charge in [0, 0.05) is 39.3 Å². The van der Waals surface area contributed by atoms with Crippen LogP contribution < -0.4 is 9.47 Å². The van der Waals surface area contributed by atoms with E-state index in [1.165, 1.54) is 18.7 Å². The van der Waals surface area contributed by atoms with Crippen LogP contribution in [0.25, 0.3) is 0 Å². The van der Waals surface area contributed by atoms with Gasteiger partial charge in [-0.25, -0.2) is 0 Å². The second-order valence-corrected chi connectivity index (χ2v) is 9.20. The molecule has 0 spiro atoms. The van der Waals surface area contributed by atoms with E-state index in [0.29, 0.717) is 17.7 Å². The van der Waals surface area contributed by atoms with Gasteiger partial charge in [-0.1, -0.05) is 32.1 Å². The van der Waals surface area contributed by atoms with Crippen LogP contribution in [0.4, 0.5) is 0 Å². The normalized spacial score (nSPS) is 27.4. The first kappa shape index (κ1) is 19.7. The van der Waals surface area contributed by atoms with E-state index in [-0.39, 0.29) is 6.61 Å². The molecule has 0 radical (unpaired) electrons. The molecule has 1 aromatic rings. The fourth-order valence-electron chi connectivity index (χ4n) is 4.92. The molecule has 28 heavy (non-hydrogen) atoms. The van der Waals surface area contributed by atoms with Crippen LogP contribution in [0.15, 0.2) is 30.4 Å². The van der Waals surface area contributed by atoms with E-state index in [4.69, 9.17) is 9.47 Å². The Labute approximate surface area is 168 Å². The van der Waals surface area contributed by atoms with Crippen molar-refractivity contribution in [1.82, 2.24) is 9.80 Å². The molecule has 2 heterocycles. The van der Waals surface area contributed by atoms with E-state index < -0.39 is 6.10 Å². The van der Waals surface area contributed by atoms with E-state index in [0.717, 1.165) is 43.6 Å². The van der Waals surface area contributed by atoms with Crippen molar-refractivity contribution >= 4 is 0 Å². The van der Waals surface area contributed by atoms with Gasteiger partial charge in [-0.2, -0.15) is 0 Å². The topological polar surface area (TPSA) is 45.2 Å². The van der Waals surface area contributed by atoms with Crippen LogP contribution in [-0.2, 0) is 6.54 Å². The van der Waals surface area contributed by atoms with Gasteiger partial charge in [-0.05, 0) is 41.4 Å². The molecule has 0 bridgehead atoms. The minimum Gasteiger partial charge on any atom is -0.493 e. The van der Waals surface area contributed by atoms with Crippen molar-refractivity contribution in [3.8, 4) is 11.5 Å². The van der Waals surface area contributed by atoms with Gasteiger partial charge in [0.15, 0.2) is 11.5 Å². The first-order valence-electron chi connectivity index (χ1n) is 10.5. The Kier molecular flexibility index (Phi) is 5.68. The van der Waals surface area contributed by atoms with Crippen molar-refractivity contribution in [2.75, 3.05) is 46.4 Å². The van der Waals surface area contributed by atoms with E-state index in [1.54, 1.807) is 7.11 Å². The molecule has 3 aliphatic rings. The highest BCUT2D eigenvalue weighted by Gasteiger charge is 2.61. The molecule has 5 nitrogen and oxygen atoms in total. The Balaban J connectivity index is 1.28. The van der Waals surface area contributed by atoms with Crippen LogP contribution in [0.5, 0.6) is 11.5 Å². The largest absolute Gasteiger partial charge is 0.493 e. The lowest BCUT2D eigenvalue weighted by Gasteiger charge is -2.26. The average Bonchev–Trinajstić information content (AvgIpc) is 3.02. The number of hydrogen-bond acceptors (Lipinski definition) is 5. The molecular weight excluding hydrogens is 352 g/mol. The Morgan fingerprint density at radius 2 is 1.93 bits per heavy atom. The van der Waals surface area contributed by atoms with Gasteiger partial charge in [-0.15, -0.1) is 0 Å². The smallest absolute Gasteiger partial charge is 0.161 e. The van der Waals surface area contributed by atoms with Gasteiger partial charge in [0.1, 0.15) is 12.7 Å². The number of benzene rings is 1. The van der Waals surface area contributed by atoms with Crippen molar-refractivity contribution < 1.29 is 14.6 Å². The van der Waals surface area contributed by atoms with Crippen molar-refractivity contribution in [3.63, 3.8) is 0 Å². The molecule has 154 valence electrons. The van der Waals surface area contributed by atoms with Crippen LogP contribution in [0.2, 0.25) is 0 Å². The predicted octanol–water partition coefficient (Wildman–Crippen LogP) is 2.78. The van der Waals surface area contributed by atoms with E-state index >= 15 is 0 Å². The van der Waals surface area contributed by atoms with Crippen molar-refractivity contribution in [2.24, 2.45) is 17.3 Å². The van der Waals surface area contributed by atoms with Gasteiger partial charge in [0.05, 0.1) is 7.11 Å². The summed E-state index contributed by atoms with van der Waals surface area (Å²) < 4.78 is 11.4. The quantitative estimate of drug-likeness (QED) is 0.696. The van der Waals surface area contributed by atoms with Gasteiger partial charge in [0.25, 0.3) is 0 Å². The maximum absolute atomic E-state index is 10.3. The molecule has 1 N–H and O–H groups in total. The first-order valence-corrected chi connectivity index (χ1v) is 10.5. The maximum atomic E-state index is 10.3. The van der Waals surface area contributed by atoms with E-state index in [2.05, 4.69) is 47.9 Å². The van der Waals surface area contributed by atoms with Gasteiger partial charge in [-0.3, -0.25) is 9.80 Å². The van der Waals surface area contributed by atoms with E-state index in [1.807, 2.05) is 6.07 Å². The lowest BCUT2D eigenvalue weighted by atomic mass is 10.1. The van der Waals surface area contributed by atoms with Crippen LogP contribution in [0.3, 0.4) is 0 Å². The molecule has 0 aromatic heterocycles. The number of aliphatic hydroxyl groups is 1. The fraction of sp³-hybridized carbons (Fsp3) is 0.652. The molecule has 4 rings (SSSR count). The summed E-state index contributed by atoms with van der Waals surface area (Å²) in [5, 5.41) is 10.3. The molecule has 1 unspecified atom stereocenters. The molecular formula is C23H34N2O3. The van der Waals surface area contributed by atoms with Crippen LogP contribution in [0.1, 0.15) is 25.8 Å². The number of aliphatic hydroxyl groups excluding tert-OH is 1. The molecule has 0 amide bonds. The number of piperidine rings is 1. The number of rotatable bonds is 8. The fourth-order valence-corrected chi connectivity index (χ4v) is 4.92. The second-order valence-electron chi connectivity index (χ2n) is 9.20. The van der Waals surface area contributed by atoms with Gasteiger partial charge >= 0.3 is 0 Å². The lowest BCUT2D eigenvalue weighted by molar-refractivity contribution is 0.0702. The lowest BCUT2D eigenvalue weighted by Crippen LogP contribution is -2.37. The second kappa shape index (κ2) is 8.05. The number of nitrogens with zero attached hydrogens (tertiary/aromatic N) is 2. The third-order valence-electron chi connectivity index (χ3n) is 6.87. The molecule has 3 atom stereocenters. The number of hydrogen-bond donors (Lipinski definition) is 1. The predicted molar refractivity (Wildman–Crippen MR) is 111 cm³/mol. The zero-order chi connectivity index (χ0) is 19.7. The first-order chi connectivity index (χ1) is 13.5. The minimum absolute atomic E-state index is 0.278. The number of methoxy groups -OCH3 is 1. The maximum Gasteiger partial charge on any atom is 0.161 e. The van der Waals surface area contributed by atoms with Crippen LogP contribution >= 0.6 is 0 Å². The summed E-state index contributed by atoms with van der Waals surface area (Å²) in [6.45, 7) is 11.0. The molecule has 2 aliphatic heterocycles. The number of likely N-dealkylation sites (tertiary alicyclic amines) is 1. The molecule has 2 fully saturated rings. The third kappa shape index (κ3) is 4.22. The summed E-state index contributed by atoms with van der Waals surface area (Å²) in [6, 6.07) is 6.17. The van der Waals surface area contributed by atoms with Crippen molar-refractivity contribution in [3.05, 3.63) is 35.9 Å². The highest BCUT2D eigenvalue weighted by atomic mass is 16.5. The van der Waals surface area contributed by atoms with E-state index in [9.17, 15) is 5.11 Å². The van der Waals surface area contributed by atoms with Crippen molar-refractivity contribution in [2.45, 2.75) is 32.9 Å². The summed E-state index contributed by atoms with van der Waals surface area (Å²) in [5.41, 5.74) is 1.81. The Hall–Kier alpha value is -1.56. The molecule has 1 aliphatic carbocycles. The molecule has 1 aromatic carbocycles. The molecule has 1 saturated carbocycles. The van der Waals surface area contributed by atoms with Crippen LogP contribution in [0, 0.1) is 17.3 Å². The van der Waals surface area contributed by atoms with Gasteiger partial charge < -0.3 is 14.6 Å². The molecule has 1 saturated heterocycles. The number of fused-ring (bicyclic) bond motifs is 1. The third-order valence-corrected chi connectivity index (χ3v) is 6.87. The number of ether oxygens (including phenoxy) is 2. The number of β-amino-alcohol motifs (C(OH)–C–C–N with tert-alkyl or cyclic N) is 1. The summed E-state index contributed by atoms with van der Waals surface area (Å²) in [4.78, 5) is 4.79. The zero-order valence-electron chi connectivity index (χ0n) is 17.4. The monoisotopic (exact) mass is 386 g/mol. The average molecular weight is 387 g/mol. The minimum atomic E-state index is -0.504. The summed E-state index contributed by atoms with van der Waals surface area (Å²) in [6.07, 6.45) is 4.90. The SMILES string of the molecule is COc1cc(CN2C[C@@H]3[C@H](C2)C3(C)C)ccc1OCC(O)CN1CC=CCC1.